The maximum absolute atomic E-state index is 10.4. The van der Waals surface area contributed by atoms with Gasteiger partial charge in [0.05, 0.1) is 13.2 Å². The number of rotatable bonds is 3. The third-order valence-electron chi connectivity index (χ3n) is 5.47. The smallest absolute Gasteiger partial charge is 0.231 e. The molecule has 0 spiro atoms. The van der Waals surface area contributed by atoms with Crippen molar-refractivity contribution in [1.82, 2.24) is 4.90 Å². The molecule has 1 atom stereocenters. The summed E-state index contributed by atoms with van der Waals surface area (Å²) in [5.41, 5.74) is 2.09. The van der Waals surface area contributed by atoms with Crippen LogP contribution < -0.4 is 18.9 Å². The Hall–Kier alpha value is -2.60. The maximum Gasteiger partial charge on any atom is 0.231 e. The Morgan fingerprint density at radius 1 is 0.889 bits per heavy atom. The van der Waals surface area contributed by atoms with Crippen LogP contribution in [0.3, 0.4) is 0 Å². The highest BCUT2D eigenvalue weighted by Crippen LogP contribution is 2.41. The van der Waals surface area contributed by atoms with Crippen LogP contribution in [0.4, 0.5) is 0 Å². The van der Waals surface area contributed by atoms with Crippen LogP contribution in [0, 0.1) is 0 Å². The van der Waals surface area contributed by atoms with Gasteiger partial charge in [-0.05, 0) is 43.1 Å². The third kappa shape index (κ3) is 3.14. The molecule has 2 aromatic carbocycles. The summed E-state index contributed by atoms with van der Waals surface area (Å²) in [5, 5.41) is 10.4. The number of likely N-dealkylation sites (tertiary alicyclic amines) is 1. The van der Waals surface area contributed by atoms with Crippen LogP contribution in [-0.2, 0) is 6.54 Å². The summed E-state index contributed by atoms with van der Waals surface area (Å²) in [5.74, 6) is 3.23. The first-order valence-electron chi connectivity index (χ1n) is 9.53. The van der Waals surface area contributed by atoms with Crippen molar-refractivity contribution in [2.24, 2.45) is 0 Å². The van der Waals surface area contributed by atoms with Crippen LogP contribution >= 0.6 is 0 Å². The first kappa shape index (κ1) is 16.6. The van der Waals surface area contributed by atoms with Gasteiger partial charge in [0.15, 0.2) is 23.0 Å². The van der Waals surface area contributed by atoms with Crippen molar-refractivity contribution in [3.63, 3.8) is 0 Å². The molecule has 3 aliphatic rings. The molecule has 0 radical (unpaired) electrons. The largest absolute Gasteiger partial charge is 0.507 e. The molecule has 3 aliphatic heterocycles. The van der Waals surface area contributed by atoms with Crippen LogP contribution in [0.1, 0.15) is 36.4 Å². The minimum absolute atomic E-state index is 0.210. The number of benzene rings is 2. The number of nitrogens with zero attached hydrogens (tertiary/aromatic N) is 1. The van der Waals surface area contributed by atoms with Gasteiger partial charge in [0.2, 0.25) is 6.79 Å². The predicted octanol–water partition coefficient (Wildman–Crippen LogP) is 3.62. The van der Waals surface area contributed by atoms with Crippen LogP contribution in [0.15, 0.2) is 30.3 Å². The molecule has 6 heteroatoms. The highest BCUT2D eigenvalue weighted by molar-refractivity contribution is 5.51. The molecular formula is C21H23NO5. The van der Waals surface area contributed by atoms with Gasteiger partial charge in [-0.2, -0.15) is 0 Å². The van der Waals surface area contributed by atoms with Gasteiger partial charge in [0.1, 0.15) is 5.75 Å². The fourth-order valence-electron chi connectivity index (χ4n) is 4.10. The second-order valence-electron chi connectivity index (χ2n) is 7.22. The molecule has 1 saturated heterocycles. The van der Waals surface area contributed by atoms with Gasteiger partial charge in [0.25, 0.3) is 0 Å². The molecule has 3 heterocycles. The van der Waals surface area contributed by atoms with E-state index in [4.69, 9.17) is 18.9 Å². The lowest BCUT2D eigenvalue weighted by Crippen LogP contribution is -2.22. The number of hydrogen-bond acceptors (Lipinski definition) is 6. The molecule has 0 bridgehead atoms. The zero-order chi connectivity index (χ0) is 18.2. The highest BCUT2D eigenvalue weighted by atomic mass is 16.7. The van der Waals surface area contributed by atoms with Crippen LogP contribution in [0.2, 0.25) is 0 Å². The molecule has 27 heavy (non-hydrogen) atoms. The van der Waals surface area contributed by atoms with E-state index in [0.717, 1.165) is 42.9 Å². The maximum atomic E-state index is 10.4. The van der Waals surface area contributed by atoms with E-state index in [1.807, 2.05) is 12.1 Å². The summed E-state index contributed by atoms with van der Waals surface area (Å²) in [6.45, 7) is 3.26. The minimum atomic E-state index is 0.210. The number of phenolic OH excluding ortho intramolecular Hbond substituents is 1. The Balaban J connectivity index is 1.39. The summed E-state index contributed by atoms with van der Waals surface area (Å²) >= 11 is 0. The Bertz CT molecular complexity index is 853. The zero-order valence-corrected chi connectivity index (χ0v) is 15.1. The van der Waals surface area contributed by atoms with Crippen LogP contribution in [-0.4, -0.2) is 36.6 Å². The number of aromatic hydroxyl groups is 1. The lowest BCUT2D eigenvalue weighted by atomic mass is 10.0. The molecule has 1 fully saturated rings. The predicted molar refractivity (Wildman–Crippen MR) is 98.7 cm³/mol. The Morgan fingerprint density at radius 2 is 1.67 bits per heavy atom. The van der Waals surface area contributed by atoms with Gasteiger partial charge in [-0.1, -0.05) is 6.07 Å². The van der Waals surface area contributed by atoms with Crippen molar-refractivity contribution in [3.05, 3.63) is 41.5 Å². The van der Waals surface area contributed by atoms with Crippen molar-refractivity contribution in [2.75, 3.05) is 26.6 Å². The van der Waals surface area contributed by atoms with E-state index in [9.17, 15) is 5.11 Å². The summed E-state index contributed by atoms with van der Waals surface area (Å²) in [7, 11) is 0. The SMILES string of the molecule is Oc1cc2c(cc1CN1CCC[C@H]1c1ccc3c(c1)OCCCO3)OCO2. The Kier molecular flexibility index (Phi) is 4.20. The molecule has 6 nitrogen and oxygen atoms in total. The van der Waals surface area contributed by atoms with E-state index in [2.05, 4.69) is 17.0 Å². The standard InChI is InChI=1S/C21H23NO5/c23-17-11-21-20(26-13-27-21)10-15(17)12-22-6-1-3-16(22)14-4-5-18-19(9-14)25-8-2-7-24-18/h4-5,9-11,16,23H,1-3,6-8,12-13H2/t16-/m0/s1. The number of ether oxygens (including phenoxy) is 4. The van der Waals surface area contributed by atoms with E-state index >= 15 is 0 Å². The van der Waals surface area contributed by atoms with Gasteiger partial charge >= 0.3 is 0 Å². The topological polar surface area (TPSA) is 60.4 Å². The van der Waals surface area contributed by atoms with Crippen molar-refractivity contribution in [2.45, 2.75) is 31.8 Å². The Labute approximate surface area is 158 Å². The zero-order valence-electron chi connectivity index (χ0n) is 15.1. The Morgan fingerprint density at radius 3 is 2.56 bits per heavy atom. The molecule has 0 saturated carbocycles. The summed E-state index contributed by atoms with van der Waals surface area (Å²) in [6.07, 6.45) is 3.12. The van der Waals surface area contributed by atoms with Gasteiger partial charge in [-0.3, -0.25) is 4.90 Å². The quantitative estimate of drug-likeness (QED) is 0.892. The second-order valence-corrected chi connectivity index (χ2v) is 7.22. The van der Waals surface area contributed by atoms with E-state index in [0.29, 0.717) is 37.3 Å². The van der Waals surface area contributed by atoms with Crippen molar-refractivity contribution in [3.8, 4) is 28.7 Å². The van der Waals surface area contributed by atoms with Crippen LogP contribution in [0.25, 0.3) is 0 Å². The lowest BCUT2D eigenvalue weighted by molar-refractivity contribution is 0.173. The number of phenols is 1. The highest BCUT2D eigenvalue weighted by Gasteiger charge is 2.28. The molecular weight excluding hydrogens is 346 g/mol. The average Bonchev–Trinajstić information content (AvgIpc) is 3.25. The molecule has 0 aliphatic carbocycles. The number of hydrogen-bond donors (Lipinski definition) is 1. The minimum Gasteiger partial charge on any atom is -0.507 e. The van der Waals surface area contributed by atoms with Gasteiger partial charge in [-0.25, -0.2) is 0 Å². The van der Waals surface area contributed by atoms with E-state index in [1.165, 1.54) is 5.56 Å². The van der Waals surface area contributed by atoms with Crippen molar-refractivity contribution < 1.29 is 24.1 Å². The fraction of sp³-hybridized carbons (Fsp3) is 0.429. The number of fused-ring (bicyclic) bond motifs is 2. The van der Waals surface area contributed by atoms with Crippen LogP contribution in [0.5, 0.6) is 28.7 Å². The average molecular weight is 369 g/mol. The summed E-state index contributed by atoms with van der Waals surface area (Å²) < 4.78 is 22.4. The van der Waals surface area contributed by atoms with E-state index in [1.54, 1.807) is 6.07 Å². The first-order valence-corrected chi connectivity index (χ1v) is 9.53. The summed E-state index contributed by atoms with van der Waals surface area (Å²) in [6, 6.07) is 10.1. The lowest BCUT2D eigenvalue weighted by Gasteiger charge is -2.26. The first-order chi connectivity index (χ1) is 13.3. The van der Waals surface area contributed by atoms with Gasteiger partial charge < -0.3 is 24.1 Å². The molecule has 0 amide bonds. The monoisotopic (exact) mass is 369 g/mol. The van der Waals surface area contributed by atoms with Crippen molar-refractivity contribution >= 4 is 0 Å². The molecule has 5 rings (SSSR count). The van der Waals surface area contributed by atoms with Crippen molar-refractivity contribution in [1.29, 1.82) is 0 Å². The van der Waals surface area contributed by atoms with E-state index < -0.39 is 0 Å². The molecule has 142 valence electrons. The van der Waals surface area contributed by atoms with Gasteiger partial charge in [0, 0.05) is 30.6 Å². The second kappa shape index (κ2) is 6.85. The fourth-order valence-corrected chi connectivity index (χ4v) is 4.10. The molecule has 2 aromatic rings. The normalized spacial score (nSPS) is 21.3. The molecule has 1 N–H and O–H groups in total. The molecule has 0 aromatic heterocycles. The van der Waals surface area contributed by atoms with E-state index in [-0.39, 0.29) is 12.5 Å². The molecule has 0 unspecified atom stereocenters. The van der Waals surface area contributed by atoms with Gasteiger partial charge in [-0.15, -0.1) is 0 Å². The third-order valence-corrected chi connectivity index (χ3v) is 5.47. The summed E-state index contributed by atoms with van der Waals surface area (Å²) in [4.78, 5) is 2.40.